The molecule has 18 heavy (non-hydrogen) atoms. The Balaban J connectivity index is 1.59. The van der Waals surface area contributed by atoms with Crippen molar-refractivity contribution in [2.24, 2.45) is 29.6 Å². The number of rotatable bonds is 0. The summed E-state index contributed by atoms with van der Waals surface area (Å²) in [7, 11) is 0. The summed E-state index contributed by atoms with van der Waals surface area (Å²) in [6.45, 7) is 0. The molecule has 96 valence electrons. The van der Waals surface area contributed by atoms with Crippen molar-refractivity contribution < 1.29 is 4.79 Å². The SMILES string of the molecule is O=C1CCC2C(CCC3C4=CC=CC4CCC32)C1. The Morgan fingerprint density at radius 2 is 1.94 bits per heavy atom. The lowest BCUT2D eigenvalue weighted by Gasteiger charge is -2.49. The zero-order chi connectivity index (χ0) is 12.1. The van der Waals surface area contributed by atoms with E-state index in [2.05, 4.69) is 18.2 Å². The van der Waals surface area contributed by atoms with E-state index in [1.165, 1.54) is 32.1 Å². The second-order valence-corrected chi connectivity index (χ2v) is 6.79. The van der Waals surface area contributed by atoms with Crippen LogP contribution in [0.4, 0.5) is 0 Å². The molecule has 0 spiro atoms. The number of carbonyl (C=O) groups excluding carboxylic acids is 1. The molecule has 3 saturated carbocycles. The second kappa shape index (κ2) is 4.08. The Bertz CT molecular complexity index is 431. The molecule has 4 aliphatic carbocycles. The highest BCUT2D eigenvalue weighted by atomic mass is 16.1. The summed E-state index contributed by atoms with van der Waals surface area (Å²) < 4.78 is 0. The van der Waals surface area contributed by atoms with E-state index in [1.807, 2.05) is 0 Å². The first-order valence-electron chi connectivity index (χ1n) is 7.73. The molecular formula is C17H22O. The van der Waals surface area contributed by atoms with Crippen molar-refractivity contribution in [2.75, 3.05) is 0 Å². The smallest absolute Gasteiger partial charge is 0.133 e. The number of carbonyl (C=O) groups is 1. The molecule has 0 aliphatic heterocycles. The fourth-order valence-corrected chi connectivity index (χ4v) is 5.29. The maximum atomic E-state index is 11.6. The Kier molecular flexibility index (Phi) is 2.50. The first kappa shape index (κ1) is 11.0. The van der Waals surface area contributed by atoms with E-state index < -0.39 is 0 Å². The number of Topliss-reactive ketones (excluding diaryl/α,β-unsaturated/α-hetero) is 1. The Morgan fingerprint density at radius 1 is 1.00 bits per heavy atom. The van der Waals surface area contributed by atoms with Crippen LogP contribution in [0, 0.1) is 29.6 Å². The maximum Gasteiger partial charge on any atom is 0.133 e. The van der Waals surface area contributed by atoms with Crippen molar-refractivity contribution >= 4 is 5.78 Å². The molecule has 0 bridgehead atoms. The van der Waals surface area contributed by atoms with Gasteiger partial charge in [-0.1, -0.05) is 23.8 Å². The summed E-state index contributed by atoms with van der Waals surface area (Å²) in [6, 6.07) is 0. The number of hydrogen-bond donors (Lipinski definition) is 0. The maximum absolute atomic E-state index is 11.6. The topological polar surface area (TPSA) is 17.1 Å². The van der Waals surface area contributed by atoms with E-state index in [4.69, 9.17) is 0 Å². The number of allylic oxidation sites excluding steroid dienone is 4. The summed E-state index contributed by atoms with van der Waals surface area (Å²) >= 11 is 0. The molecule has 0 amide bonds. The summed E-state index contributed by atoms with van der Waals surface area (Å²) in [6.07, 6.45) is 15.5. The van der Waals surface area contributed by atoms with Crippen LogP contribution in [0.5, 0.6) is 0 Å². The van der Waals surface area contributed by atoms with E-state index in [1.54, 1.807) is 5.57 Å². The quantitative estimate of drug-likeness (QED) is 0.629. The van der Waals surface area contributed by atoms with Gasteiger partial charge in [0.05, 0.1) is 0 Å². The van der Waals surface area contributed by atoms with Crippen LogP contribution >= 0.6 is 0 Å². The van der Waals surface area contributed by atoms with Crippen LogP contribution in [0.2, 0.25) is 0 Å². The summed E-state index contributed by atoms with van der Waals surface area (Å²) in [5.74, 6) is 4.66. The summed E-state index contributed by atoms with van der Waals surface area (Å²) in [5.41, 5.74) is 1.74. The first-order valence-corrected chi connectivity index (χ1v) is 7.73. The number of hydrogen-bond acceptors (Lipinski definition) is 1. The van der Waals surface area contributed by atoms with Crippen LogP contribution in [0.25, 0.3) is 0 Å². The monoisotopic (exact) mass is 242 g/mol. The van der Waals surface area contributed by atoms with Crippen LogP contribution < -0.4 is 0 Å². The van der Waals surface area contributed by atoms with E-state index in [-0.39, 0.29) is 0 Å². The van der Waals surface area contributed by atoms with Gasteiger partial charge in [-0.2, -0.15) is 0 Å². The van der Waals surface area contributed by atoms with Gasteiger partial charge in [-0.25, -0.2) is 0 Å². The lowest BCUT2D eigenvalue weighted by atomic mass is 9.55. The molecule has 1 heteroatoms. The predicted molar refractivity (Wildman–Crippen MR) is 72.0 cm³/mol. The van der Waals surface area contributed by atoms with Crippen molar-refractivity contribution in [3.63, 3.8) is 0 Å². The fourth-order valence-electron chi connectivity index (χ4n) is 5.29. The highest BCUT2D eigenvalue weighted by Gasteiger charge is 2.46. The van der Waals surface area contributed by atoms with Gasteiger partial charge in [0.15, 0.2) is 0 Å². The fraction of sp³-hybridized carbons (Fsp3) is 0.706. The molecule has 0 saturated heterocycles. The van der Waals surface area contributed by atoms with Crippen LogP contribution in [-0.4, -0.2) is 5.78 Å². The number of fused-ring (bicyclic) bond motifs is 5. The molecule has 4 rings (SSSR count). The molecule has 0 heterocycles. The van der Waals surface area contributed by atoms with Crippen LogP contribution in [0.15, 0.2) is 23.8 Å². The van der Waals surface area contributed by atoms with E-state index in [9.17, 15) is 4.79 Å². The molecule has 1 nitrogen and oxygen atoms in total. The normalized spacial score (nSPS) is 46.1. The van der Waals surface area contributed by atoms with Crippen molar-refractivity contribution in [3.05, 3.63) is 23.8 Å². The standard InChI is InChI=1S/C17H22O/c18-13-6-9-15-12(10-13)5-8-16-14-3-1-2-11(14)4-7-17(15)16/h1-3,11-12,15-17H,4-10H2. The van der Waals surface area contributed by atoms with Gasteiger partial charge in [0.2, 0.25) is 0 Å². The van der Waals surface area contributed by atoms with Crippen molar-refractivity contribution in [1.29, 1.82) is 0 Å². The van der Waals surface area contributed by atoms with Crippen LogP contribution in [0.1, 0.15) is 44.9 Å². The van der Waals surface area contributed by atoms with E-state index in [0.29, 0.717) is 5.78 Å². The molecule has 0 aromatic rings. The van der Waals surface area contributed by atoms with Crippen molar-refractivity contribution in [2.45, 2.75) is 44.9 Å². The van der Waals surface area contributed by atoms with Crippen molar-refractivity contribution in [3.8, 4) is 0 Å². The third kappa shape index (κ3) is 1.56. The van der Waals surface area contributed by atoms with Gasteiger partial charge >= 0.3 is 0 Å². The minimum atomic E-state index is 0.533. The minimum Gasteiger partial charge on any atom is -0.300 e. The second-order valence-electron chi connectivity index (χ2n) is 6.79. The Hall–Kier alpha value is -0.850. The van der Waals surface area contributed by atoms with Crippen molar-refractivity contribution in [1.82, 2.24) is 0 Å². The van der Waals surface area contributed by atoms with Gasteiger partial charge < -0.3 is 0 Å². The third-order valence-electron chi connectivity index (χ3n) is 6.07. The highest BCUT2D eigenvalue weighted by molar-refractivity contribution is 5.79. The lowest BCUT2D eigenvalue weighted by Crippen LogP contribution is -2.42. The van der Waals surface area contributed by atoms with Gasteiger partial charge in [-0.3, -0.25) is 4.79 Å². The largest absolute Gasteiger partial charge is 0.300 e. The highest BCUT2D eigenvalue weighted by Crippen LogP contribution is 2.54. The molecule has 3 fully saturated rings. The zero-order valence-corrected chi connectivity index (χ0v) is 11.0. The van der Waals surface area contributed by atoms with Gasteiger partial charge in [0, 0.05) is 12.8 Å². The third-order valence-corrected chi connectivity index (χ3v) is 6.07. The summed E-state index contributed by atoms with van der Waals surface area (Å²) in [5, 5.41) is 0. The van der Waals surface area contributed by atoms with Crippen LogP contribution in [0.3, 0.4) is 0 Å². The average Bonchev–Trinajstić information content (AvgIpc) is 2.86. The first-order chi connectivity index (χ1) is 8.83. The predicted octanol–water partition coefficient (Wildman–Crippen LogP) is 3.90. The Labute approximate surface area is 109 Å². The molecule has 5 atom stereocenters. The molecule has 5 unspecified atom stereocenters. The minimum absolute atomic E-state index is 0.533. The zero-order valence-electron chi connectivity index (χ0n) is 11.0. The van der Waals surface area contributed by atoms with Gasteiger partial charge in [0.25, 0.3) is 0 Å². The number of ketones is 1. The van der Waals surface area contributed by atoms with E-state index in [0.717, 1.165) is 42.4 Å². The molecule has 4 aliphatic rings. The van der Waals surface area contributed by atoms with Gasteiger partial charge in [-0.15, -0.1) is 0 Å². The lowest BCUT2D eigenvalue weighted by molar-refractivity contribution is -0.124. The molecule has 0 N–H and O–H groups in total. The summed E-state index contributed by atoms with van der Waals surface area (Å²) in [4.78, 5) is 11.6. The van der Waals surface area contributed by atoms with Gasteiger partial charge in [0.1, 0.15) is 5.78 Å². The Morgan fingerprint density at radius 3 is 2.89 bits per heavy atom. The van der Waals surface area contributed by atoms with Crippen LogP contribution in [-0.2, 0) is 4.79 Å². The molecule has 0 radical (unpaired) electrons. The molecule has 0 aromatic carbocycles. The molecule has 0 aromatic heterocycles. The molecular weight excluding hydrogens is 220 g/mol. The average molecular weight is 242 g/mol. The van der Waals surface area contributed by atoms with E-state index >= 15 is 0 Å². The van der Waals surface area contributed by atoms with Gasteiger partial charge in [-0.05, 0) is 61.7 Å².